The van der Waals surface area contributed by atoms with E-state index in [0.29, 0.717) is 21.7 Å². The van der Waals surface area contributed by atoms with E-state index in [9.17, 15) is 8.42 Å². The van der Waals surface area contributed by atoms with Crippen molar-refractivity contribution in [2.45, 2.75) is 24.8 Å². The smallest absolute Gasteiger partial charge is 0.238 e. The summed E-state index contributed by atoms with van der Waals surface area (Å²) >= 11 is 7.17. The number of ether oxygens (including phenoxy) is 1. The molecule has 2 heterocycles. The molecule has 10 heteroatoms. The van der Waals surface area contributed by atoms with E-state index >= 15 is 0 Å². The second-order valence-electron chi connectivity index (χ2n) is 5.90. The maximum absolute atomic E-state index is 11.7. The summed E-state index contributed by atoms with van der Waals surface area (Å²) in [4.78, 5) is 8.53. The van der Waals surface area contributed by atoms with E-state index in [1.54, 1.807) is 18.3 Å². The second kappa shape index (κ2) is 7.81. The molecule has 3 N–H and O–H groups in total. The van der Waals surface area contributed by atoms with E-state index in [1.807, 2.05) is 25.3 Å². The van der Waals surface area contributed by atoms with Crippen LogP contribution in [-0.4, -0.2) is 24.5 Å². The highest BCUT2D eigenvalue weighted by Gasteiger charge is 2.15. The van der Waals surface area contributed by atoms with Crippen LogP contribution in [0.4, 0.5) is 10.8 Å². The Balaban J connectivity index is 1.93. The van der Waals surface area contributed by atoms with Crippen molar-refractivity contribution in [3.8, 4) is 17.0 Å². The first-order valence-electron chi connectivity index (χ1n) is 7.90. The Morgan fingerprint density at radius 3 is 2.67 bits per heavy atom. The number of hydrogen-bond acceptors (Lipinski definition) is 7. The summed E-state index contributed by atoms with van der Waals surface area (Å²) in [5.41, 5.74) is 2.01. The first-order valence-corrected chi connectivity index (χ1v) is 10.7. The molecule has 2 aromatic heterocycles. The lowest BCUT2D eigenvalue weighted by molar-refractivity contribution is 0.243. The summed E-state index contributed by atoms with van der Waals surface area (Å²) in [6.45, 7) is 3.76. The van der Waals surface area contributed by atoms with Gasteiger partial charge in [0.2, 0.25) is 10.0 Å². The van der Waals surface area contributed by atoms with Gasteiger partial charge in [0.1, 0.15) is 10.9 Å². The average molecular weight is 425 g/mol. The standard InChI is InChI=1S/C17H17ClN4O3S2/c1-10(2)25-15-5-4-12(27(19,23)24)7-13(15)21-17-22-14(9-26-17)11-3-6-16(18)20-8-11/h3-10H,1-2H3,(H,21,22)(H2,19,23,24). The van der Waals surface area contributed by atoms with Crippen molar-refractivity contribution in [3.63, 3.8) is 0 Å². The Kier molecular flexibility index (Phi) is 5.66. The van der Waals surface area contributed by atoms with Crippen molar-refractivity contribution < 1.29 is 13.2 Å². The maximum atomic E-state index is 11.7. The molecule has 0 amide bonds. The third kappa shape index (κ3) is 4.95. The number of primary sulfonamides is 1. The molecule has 0 spiro atoms. The Bertz CT molecular complexity index is 1050. The zero-order chi connectivity index (χ0) is 19.6. The van der Waals surface area contributed by atoms with Gasteiger partial charge in [0.05, 0.1) is 22.4 Å². The zero-order valence-electron chi connectivity index (χ0n) is 14.5. The minimum Gasteiger partial charge on any atom is -0.489 e. The molecular weight excluding hydrogens is 408 g/mol. The highest BCUT2D eigenvalue weighted by Crippen LogP contribution is 2.33. The second-order valence-corrected chi connectivity index (χ2v) is 8.71. The van der Waals surface area contributed by atoms with Gasteiger partial charge in [-0.1, -0.05) is 11.6 Å². The summed E-state index contributed by atoms with van der Waals surface area (Å²) in [6, 6.07) is 7.92. The third-order valence-corrected chi connectivity index (χ3v) is 5.30. The van der Waals surface area contributed by atoms with Gasteiger partial charge in [-0.15, -0.1) is 11.3 Å². The predicted octanol–water partition coefficient (Wildman–Crippen LogP) is 4.04. The normalized spacial score (nSPS) is 11.6. The number of sulfonamides is 1. The van der Waals surface area contributed by atoms with Crippen molar-refractivity contribution in [2.75, 3.05) is 5.32 Å². The molecule has 0 fully saturated rings. The molecule has 1 aromatic carbocycles. The molecule has 0 saturated carbocycles. The van der Waals surface area contributed by atoms with E-state index in [2.05, 4.69) is 15.3 Å². The molecule has 7 nitrogen and oxygen atoms in total. The van der Waals surface area contributed by atoms with Crippen LogP contribution in [0, 0.1) is 0 Å². The van der Waals surface area contributed by atoms with Crippen LogP contribution in [0.15, 0.2) is 46.8 Å². The fraction of sp³-hybridized carbons (Fsp3) is 0.176. The molecule has 3 rings (SSSR count). The fourth-order valence-electron chi connectivity index (χ4n) is 2.25. The lowest BCUT2D eigenvalue weighted by Crippen LogP contribution is -2.13. The molecule has 142 valence electrons. The molecule has 0 atom stereocenters. The molecule has 0 aliphatic rings. The molecule has 0 aliphatic heterocycles. The van der Waals surface area contributed by atoms with Crippen LogP contribution in [0.5, 0.6) is 5.75 Å². The largest absolute Gasteiger partial charge is 0.489 e. The van der Waals surface area contributed by atoms with Crippen molar-refractivity contribution >= 4 is 43.8 Å². The van der Waals surface area contributed by atoms with Gasteiger partial charge in [-0.05, 0) is 44.2 Å². The van der Waals surface area contributed by atoms with Gasteiger partial charge in [-0.25, -0.2) is 23.5 Å². The van der Waals surface area contributed by atoms with E-state index < -0.39 is 10.0 Å². The van der Waals surface area contributed by atoms with Gasteiger partial charge in [0, 0.05) is 17.1 Å². The number of nitrogens with two attached hydrogens (primary N) is 1. The fourth-order valence-corrected chi connectivity index (χ4v) is 3.63. The monoisotopic (exact) mass is 424 g/mol. The van der Waals surface area contributed by atoms with Crippen LogP contribution in [0.2, 0.25) is 5.15 Å². The number of benzene rings is 1. The third-order valence-electron chi connectivity index (χ3n) is 3.41. The zero-order valence-corrected chi connectivity index (χ0v) is 16.9. The van der Waals surface area contributed by atoms with Gasteiger partial charge in [-0.3, -0.25) is 0 Å². The molecule has 0 aliphatic carbocycles. The van der Waals surface area contributed by atoms with E-state index in [0.717, 1.165) is 11.3 Å². The van der Waals surface area contributed by atoms with Crippen LogP contribution >= 0.6 is 22.9 Å². The van der Waals surface area contributed by atoms with Crippen LogP contribution < -0.4 is 15.2 Å². The minimum absolute atomic E-state index is 0.0141. The summed E-state index contributed by atoms with van der Waals surface area (Å²) in [6.07, 6.45) is 1.55. The van der Waals surface area contributed by atoms with Gasteiger partial charge < -0.3 is 10.1 Å². The highest BCUT2D eigenvalue weighted by molar-refractivity contribution is 7.89. The van der Waals surface area contributed by atoms with Crippen molar-refractivity contribution in [2.24, 2.45) is 5.14 Å². The molecule has 27 heavy (non-hydrogen) atoms. The number of nitrogens with one attached hydrogen (secondary N) is 1. The Labute approximate surface area is 166 Å². The van der Waals surface area contributed by atoms with E-state index in [-0.39, 0.29) is 11.0 Å². The van der Waals surface area contributed by atoms with Crippen LogP contribution in [0.25, 0.3) is 11.3 Å². The number of pyridine rings is 1. The van der Waals surface area contributed by atoms with Crippen LogP contribution in [0.3, 0.4) is 0 Å². The van der Waals surface area contributed by atoms with Crippen molar-refractivity contribution in [1.82, 2.24) is 9.97 Å². The van der Waals surface area contributed by atoms with E-state index in [1.165, 1.54) is 23.5 Å². The number of rotatable bonds is 6. The lowest BCUT2D eigenvalue weighted by atomic mass is 10.2. The molecular formula is C17H17ClN4O3S2. The average Bonchev–Trinajstić information content (AvgIpc) is 3.04. The topological polar surface area (TPSA) is 107 Å². The lowest BCUT2D eigenvalue weighted by Gasteiger charge is -2.15. The minimum atomic E-state index is -3.84. The number of thiazole rings is 1. The Morgan fingerprint density at radius 1 is 1.26 bits per heavy atom. The van der Waals surface area contributed by atoms with Gasteiger partial charge >= 0.3 is 0 Å². The molecule has 3 aromatic rings. The summed E-state index contributed by atoms with van der Waals surface area (Å²) < 4.78 is 29.1. The van der Waals surface area contributed by atoms with Crippen LogP contribution in [-0.2, 0) is 10.0 Å². The summed E-state index contributed by atoms with van der Waals surface area (Å²) in [5, 5.41) is 11.2. The maximum Gasteiger partial charge on any atom is 0.238 e. The number of hydrogen-bond donors (Lipinski definition) is 2. The highest BCUT2D eigenvalue weighted by atomic mass is 35.5. The van der Waals surface area contributed by atoms with Gasteiger partial charge in [-0.2, -0.15) is 0 Å². The predicted molar refractivity (Wildman–Crippen MR) is 107 cm³/mol. The number of aromatic nitrogens is 2. The molecule has 0 saturated heterocycles. The number of anilines is 2. The molecule has 0 unspecified atom stereocenters. The van der Waals surface area contributed by atoms with Crippen molar-refractivity contribution in [3.05, 3.63) is 47.1 Å². The first kappa shape index (κ1) is 19.6. The van der Waals surface area contributed by atoms with Crippen molar-refractivity contribution in [1.29, 1.82) is 0 Å². The first-order chi connectivity index (χ1) is 12.7. The van der Waals surface area contributed by atoms with E-state index in [4.69, 9.17) is 21.5 Å². The quantitative estimate of drug-likeness (QED) is 0.578. The number of halogens is 1. The number of nitrogens with zero attached hydrogens (tertiary/aromatic N) is 2. The Morgan fingerprint density at radius 2 is 2.04 bits per heavy atom. The van der Waals surface area contributed by atoms with Gasteiger partial charge in [0.15, 0.2) is 5.13 Å². The summed E-state index contributed by atoms with van der Waals surface area (Å²) in [5.74, 6) is 0.502. The SMILES string of the molecule is CC(C)Oc1ccc(S(N)(=O)=O)cc1Nc1nc(-c2ccc(Cl)nc2)cs1. The van der Waals surface area contributed by atoms with Crippen LogP contribution in [0.1, 0.15) is 13.8 Å². The summed E-state index contributed by atoms with van der Waals surface area (Å²) in [7, 11) is -3.84. The molecule has 0 radical (unpaired) electrons. The molecule has 0 bridgehead atoms. The Hall–Kier alpha value is -2.20. The van der Waals surface area contributed by atoms with Gasteiger partial charge in [0.25, 0.3) is 0 Å².